The van der Waals surface area contributed by atoms with E-state index in [2.05, 4.69) is 20.4 Å². The molecule has 0 atom stereocenters. The summed E-state index contributed by atoms with van der Waals surface area (Å²) in [6.45, 7) is 6.03. The summed E-state index contributed by atoms with van der Waals surface area (Å²) in [5.41, 5.74) is 2.77. The van der Waals surface area contributed by atoms with Crippen LogP contribution in [0.3, 0.4) is 0 Å². The summed E-state index contributed by atoms with van der Waals surface area (Å²) in [5.74, 6) is 0.712. The molecule has 21 heavy (non-hydrogen) atoms. The molecule has 0 fully saturated rings. The van der Waals surface area contributed by atoms with Crippen LogP contribution in [-0.4, -0.2) is 40.0 Å². The van der Waals surface area contributed by atoms with Crippen molar-refractivity contribution in [2.75, 3.05) is 20.3 Å². The minimum atomic E-state index is 0.329. The smallest absolute Gasteiger partial charge is 0.322 e. The highest BCUT2D eigenvalue weighted by molar-refractivity contribution is 5.33. The molecule has 7 nitrogen and oxygen atoms in total. The van der Waals surface area contributed by atoms with Gasteiger partial charge in [-0.25, -0.2) is 9.97 Å². The quantitative estimate of drug-likeness (QED) is 0.776. The van der Waals surface area contributed by atoms with Crippen LogP contribution in [0.2, 0.25) is 0 Å². The second-order valence-electron chi connectivity index (χ2n) is 4.77. The Labute approximate surface area is 124 Å². The predicted molar refractivity (Wildman–Crippen MR) is 78.4 cm³/mol. The van der Waals surface area contributed by atoms with Crippen LogP contribution >= 0.6 is 0 Å². The molecule has 0 amide bonds. The second kappa shape index (κ2) is 7.14. The highest BCUT2D eigenvalue weighted by Crippen LogP contribution is 2.25. The van der Waals surface area contributed by atoms with Crippen LogP contribution in [0, 0.1) is 13.8 Å². The summed E-state index contributed by atoms with van der Waals surface area (Å²) in [7, 11) is 3.56. The minimum Gasteiger partial charge on any atom is -0.420 e. The molecule has 0 saturated heterocycles. The van der Waals surface area contributed by atoms with Gasteiger partial charge in [-0.15, -0.1) is 0 Å². The topological polar surface area (TPSA) is 74.1 Å². The lowest BCUT2D eigenvalue weighted by Crippen LogP contribution is -2.18. The molecule has 2 aromatic rings. The number of nitrogens with one attached hydrogen (secondary N) is 1. The van der Waals surface area contributed by atoms with Gasteiger partial charge < -0.3 is 14.8 Å². The fraction of sp³-hybridized carbons (Fsp3) is 0.500. The van der Waals surface area contributed by atoms with E-state index in [1.54, 1.807) is 24.2 Å². The van der Waals surface area contributed by atoms with Crippen LogP contribution in [-0.2, 0) is 18.3 Å². The molecule has 0 aliphatic rings. The van der Waals surface area contributed by atoms with Gasteiger partial charge in [0.15, 0.2) is 5.75 Å². The summed E-state index contributed by atoms with van der Waals surface area (Å²) in [5, 5.41) is 7.53. The number of aromatic nitrogens is 4. The molecule has 2 heterocycles. The summed E-state index contributed by atoms with van der Waals surface area (Å²) >= 11 is 0. The summed E-state index contributed by atoms with van der Waals surface area (Å²) in [6, 6.07) is 0.329. The summed E-state index contributed by atoms with van der Waals surface area (Å²) < 4.78 is 12.5. The third-order valence-corrected chi connectivity index (χ3v) is 3.13. The Morgan fingerprint density at radius 3 is 2.52 bits per heavy atom. The molecule has 1 N–H and O–H groups in total. The van der Waals surface area contributed by atoms with E-state index in [-0.39, 0.29) is 0 Å². The van der Waals surface area contributed by atoms with Crippen molar-refractivity contribution < 1.29 is 9.47 Å². The first kappa shape index (κ1) is 15.4. The normalized spacial score (nSPS) is 10.9. The predicted octanol–water partition coefficient (Wildman–Crippen LogP) is 1.36. The average Bonchev–Trinajstić information content (AvgIpc) is 2.72. The molecule has 0 spiro atoms. The van der Waals surface area contributed by atoms with Crippen molar-refractivity contribution in [3.8, 4) is 11.8 Å². The van der Waals surface area contributed by atoms with Crippen molar-refractivity contribution >= 4 is 0 Å². The number of aryl methyl sites for hydroxylation is 2. The van der Waals surface area contributed by atoms with Crippen LogP contribution in [0.25, 0.3) is 0 Å². The third kappa shape index (κ3) is 3.99. The SMILES string of the molecule is COCCNCc1cnc(Oc2c(C)nn(C)c2C)nc1. The van der Waals surface area contributed by atoms with E-state index in [1.807, 2.05) is 20.9 Å². The maximum absolute atomic E-state index is 5.71. The van der Waals surface area contributed by atoms with Crippen LogP contribution in [0.15, 0.2) is 12.4 Å². The van der Waals surface area contributed by atoms with Gasteiger partial charge in [-0.05, 0) is 13.8 Å². The largest absolute Gasteiger partial charge is 0.420 e. The Hall–Kier alpha value is -1.99. The highest BCUT2D eigenvalue weighted by atomic mass is 16.5. The average molecular weight is 291 g/mol. The van der Waals surface area contributed by atoms with Gasteiger partial charge in [0.05, 0.1) is 12.3 Å². The van der Waals surface area contributed by atoms with Crippen molar-refractivity contribution in [2.45, 2.75) is 20.4 Å². The summed E-state index contributed by atoms with van der Waals surface area (Å²) in [6.07, 6.45) is 3.51. The van der Waals surface area contributed by atoms with E-state index >= 15 is 0 Å². The Bertz CT molecular complexity index is 580. The first-order valence-corrected chi connectivity index (χ1v) is 6.80. The van der Waals surface area contributed by atoms with E-state index < -0.39 is 0 Å². The van der Waals surface area contributed by atoms with Crippen LogP contribution in [0.4, 0.5) is 0 Å². The molecule has 2 rings (SSSR count). The monoisotopic (exact) mass is 291 g/mol. The Morgan fingerprint density at radius 1 is 1.24 bits per heavy atom. The van der Waals surface area contributed by atoms with Gasteiger partial charge in [0.1, 0.15) is 5.69 Å². The van der Waals surface area contributed by atoms with Gasteiger partial charge in [-0.2, -0.15) is 5.10 Å². The molecule has 0 aliphatic carbocycles. The van der Waals surface area contributed by atoms with Crippen molar-refractivity contribution in [1.29, 1.82) is 0 Å². The van der Waals surface area contributed by atoms with Crippen LogP contribution in [0.5, 0.6) is 11.8 Å². The van der Waals surface area contributed by atoms with E-state index in [0.717, 1.165) is 23.5 Å². The van der Waals surface area contributed by atoms with Crippen molar-refractivity contribution in [2.24, 2.45) is 7.05 Å². The summed E-state index contributed by atoms with van der Waals surface area (Å²) in [4.78, 5) is 8.45. The Balaban J connectivity index is 1.96. The number of rotatable bonds is 7. The maximum Gasteiger partial charge on any atom is 0.322 e. The second-order valence-corrected chi connectivity index (χ2v) is 4.77. The Morgan fingerprint density at radius 2 is 1.95 bits per heavy atom. The van der Waals surface area contributed by atoms with E-state index in [9.17, 15) is 0 Å². The minimum absolute atomic E-state index is 0.329. The fourth-order valence-electron chi connectivity index (χ4n) is 1.89. The van der Waals surface area contributed by atoms with Gasteiger partial charge >= 0.3 is 6.01 Å². The number of methoxy groups -OCH3 is 1. The van der Waals surface area contributed by atoms with Crippen LogP contribution in [0.1, 0.15) is 17.0 Å². The number of hydrogen-bond acceptors (Lipinski definition) is 6. The molecule has 0 aromatic carbocycles. The number of hydrogen-bond donors (Lipinski definition) is 1. The van der Waals surface area contributed by atoms with Crippen molar-refractivity contribution in [1.82, 2.24) is 25.1 Å². The van der Waals surface area contributed by atoms with Crippen LogP contribution < -0.4 is 10.1 Å². The molecule has 0 saturated carbocycles. The molecule has 0 radical (unpaired) electrons. The molecule has 0 unspecified atom stereocenters. The zero-order chi connectivity index (χ0) is 15.2. The first-order chi connectivity index (χ1) is 10.1. The molecule has 7 heteroatoms. The zero-order valence-corrected chi connectivity index (χ0v) is 12.9. The lowest BCUT2D eigenvalue weighted by molar-refractivity contribution is 0.199. The maximum atomic E-state index is 5.71. The molecule has 2 aromatic heterocycles. The molecule has 0 bridgehead atoms. The van der Waals surface area contributed by atoms with Crippen molar-refractivity contribution in [3.63, 3.8) is 0 Å². The standard InChI is InChI=1S/C14H21N5O2/c1-10-13(11(2)19(3)18-10)21-14-16-8-12(9-17-14)7-15-5-6-20-4/h8-9,15H,5-7H2,1-4H3. The van der Waals surface area contributed by atoms with Gasteiger partial charge in [0, 0.05) is 45.2 Å². The lowest BCUT2D eigenvalue weighted by atomic mass is 10.3. The fourth-order valence-corrected chi connectivity index (χ4v) is 1.89. The van der Waals surface area contributed by atoms with E-state index in [1.165, 1.54) is 0 Å². The third-order valence-electron chi connectivity index (χ3n) is 3.13. The first-order valence-electron chi connectivity index (χ1n) is 6.80. The molecular weight excluding hydrogens is 270 g/mol. The van der Waals surface area contributed by atoms with Gasteiger partial charge in [-0.1, -0.05) is 0 Å². The molecular formula is C14H21N5O2. The lowest BCUT2D eigenvalue weighted by Gasteiger charge is -2.06. The highest BCUT2D eigenvalue weighted by Gasteiger charge is 2.12. The van der Waals surface area contributed by atoms with Gasteiger partial charge in [0.2, 0.25) is 0 Å². The molecule has 114 valence electrons. The van der Waals surface area contributed by atoms with Gasteiger partial charge in [-0.3, -0.25) is 4.68 Å². The van der Waals surface area contributed by atoms with E-state index in [0.29, 0.717) is 24.9 Å². The number of nitrogens with zero attached hydrogens (tertiary/aromatic N) is 4. The molecule has 0 aliphatic heterocycles. The van der Waals surface area contributed by atoms with Crippen molar-refractivity contribution in [3.05, 3.63) is 29.3 Å². The van der Waals surface area contributed by atoms with Gasteiger partial charge in [0.25, 0.3) is 0 Å². The van der Waals surface area contributed by atoms with E-state index in [4.69, 9.17) is 9.47 Å². The Kier molecular flexibility index (Phi) is 5.24. The zero-order valence-electron chi connectivity index (χ0n) is 12.9. The number of ether oxygens (including phenoxy) is 2.